The predicted molar refractivity (Wildman–Crippen MR) is 77.0 cm³/mol. The molecular formula is C14H21N5O2. The van der Waals surface area contributed by atoms with E-state index in [0.29, 0.717) is 18.4 Å². The van der Waals surface area contributed by atoms with E-state index >= 15 is 0 Å². The van der Waals surface area contributed by atoms with E-state index in [-0.39, 0.29) is 5.69 Å². The van der Waals surface area contributed by atoms with Gasteiger partial charge in [-0.25, -0.2) is 14.9 Å². The van der Waals surface area contributed by atoms with Gasteiger partial charge >= 0.3 is 5.69 Å². The van der Waals surface area contributed by atoms with Crippen LogP contribution in [0.1, 0.15) is 43.2 Å². The lowest BCUT2D eigenvalue weighted by molar-refractivity contribution is 0.186. The van der Waals surface area contributed by atoms with Crippen molar-refractivity contribution < 1.29 is 4.42 Å². The van der Waals surface area contributed by atoms with E-state index in [1.165, 1.54) is 0 Å². The van der Waals surface area contributed by atoms with Crippen molar-refractivity contribution in [3.63, 3.8) is 0 Å². The molecule has 0 unspecified atom stereocenters. The van der Waals surface area contributed by atoms with Crippen LogP contribution in [-0.2, 0) is 13.1 Å². The third-order valence-corrected chi connectivity index (χ3v) is 4.11. The monoisotopic (exact) mass is 291 g/mol. The highest BCUT2D eigenvalue weighted by Gasteiger charge is 2.25. The zero-order chi connectivity index (χ0) is 14.8. The van der Waals surface area contributed by atoms with Crippen LogP contribution in [0.4, 0.5) is 0 Å². The number of hydrogen-bond acceptors (Lipinski definition) is 5. The molecule has 114 valence electrons. The van der Waals surface area contributed by atoms with Crippen LogP contribution >= 0.6 is 0 Å². The van der Waals surface area contributed by atoms with Crippen LogP contribution in [0.15, 0.2) is 15.4 Å². The van der Waals surface area contributed by atoms with Crippen LogP contribution in [0.3, 0.4) is 0 Å². The molecule has 0 saturated carbocycles. The maximum absolute atomic E-state index is 11.6. The van der Waals surface area contributed by atoms with Gasteiger partial charge in [0.2, 0.25) is 0 Å². The fourth-order valence-electron chi connectivity index (χ4n) is 3.00. The van der Waals surface area contributed by atoms with Crippen molar-refractivity contribution in [2.24, 2.45) is 0 Å². The zero-order valence-electron chi connectivity index (χ0n) is 12.5. The van der Waals surface area contributed by atoms with Crippen LogP contribution in [0.25, 0.3) is 0 Å². The lowest BCUT2D eigenvalue weighted by Crippen LogP contribution is -2.33. The average Bonchev–Trinajstić information content (AvgIpc) is 3.05. The molecule has 0 aromatic carbocycles. The Bertz CT molecular complexity index is 648. The van der Waals surface area contributed by atoms with Crippen LogP contribution in [-0.4, -0.2) is 37.7 Å². The predicted octanol–water partition coefficient (Wildman–Crippen LogP) is 1.27. The first kappa shape index (κ1) is 14.1. The minimum absolute atomic E-state index is 0.105. The third-order valence-electron chi connectivity index (χ3n) is 4.11. The summed E-state index contributed by atoms with van der Waals surface area (Å²) in [6.45, 7) is 7.26. The summed E-state index contributed by atoms with van der Waals surface area (Å²) in [6.07, 6.45) is 3.82. The molecule has 0 aliphatic carbocycles. The number of oxazole rings is 1. The van der Waals surface area contributed by atoms with E-state index < -0.39 is 0 Å². The normalized spacial score (nSPS) is 17.4. The molecule has 0 amide bonds. The maximum Gasteiger partial charge on any atom is 0.343 e. The average molecular weight is 291 g/mol. The molecule has 1 aliphatic heterocycles. The molecule has 1 saturated heterocycles. The summed E-state index contributed by atoms with van der Waals surface area (Å²) >= 11 is 0. The summed E-state index contributed by atoms with van der Waals surface area (Å²) in [7, 11) is 0. The molecule has 2 aromatic rings. The fraction of sp³-hybridized carbons (Fsp3) is 0.643. The molecule has 7 heteroatoms. The van der Waals surface area contributed by atoms with Crippen LogP contribution in [0.2, 0.25) is 0 Å². The molecular weight excluding hydrogens is 270 g/mol. The van der Waals surface area contributed by atoms with Gasteiger partial charge in [-0.1, -0.05) is 0 Å². The topological polar surface area (TPSA) is 80.0 Å². The minimum atomic E-state index is -0.105. The highest BCUT2D eigenvalue weighted by molar-refractivity contribution is 5.00. The summed E-state index contributed by atoms with van der Waals surface area (Å²) < 4.78 is 7.26. The number of nitrogens with one attached hydrogen (secondary N) is 1. The van der Waals surface area contributed by atoms with Crippen LogP contribution in [0.5, 0.6) is 0 Å². The molecule has 0 radical (unpaired) electrons. The van der Waals surface area contributed by atoms with E-state index in [0.717, 1.165) is 44.1 Å². The van der Waals surface area contributed by atoms with Gasteiger partial charge in [0.25, 0.3) is 0 Å². The first-order chi connectivity index (χ1) is 10.2. The fourth-order valence-corrected chi connectivity index (χ4v) is 3.00. The van der Waals surface area contributed by atoms with Crippen LogP contribution in [0, 0.1) is 6.92 Å². The molecule has 3 rings (SSSR count). The molecule has 1 N–H and O–H groups in total. The molecule has 21 heavy (non-hydrogen) atoms. The van der Waals surface area contributed by atoms with E-state index in [1.54, 1.807) is 10.8 Å². The van der Waals surface area contributed by atoms with E-state index in [9.17, 15) is 4.79 Å². The van der Waals surface area contributed by atoms with Gasteiger partial charge in [0.05, 0.1) is 12.7 Å². The van der Waals surface area contributed by atoms with Gasteiger partial charge < -0.3 is 4.42 Å². The van der Waals surface area contributed by atoms with Gasteiger partial charge in [0.15, 0.2) is 5.89 Å². The van der Waals surface area contributed by atoms with Crippen molar-refractivity contribution in [1.29, 1.82) is 0 Å². The second-order valence-electron chi connectivity index (χ2n) is 5.53. The second-order valence-corrected chi connectivity index (χ2v) is 5.53. The Hall–Kier alpha value is -1.89. The Morgan fingerprint density at radius 2 is 2.19 bits per heavy atom. The first-order valence-electron chi connectivity index (χ1n) is 7.46. The lowest BCUT2D eigenvalue weighted by Gasteiger charge is -2.30. The zero-order valence-corrected chi connectivity index (χ0v) is 12.5. The van der Waals surface area contributed by atoms with Crippen LogP contribution < -0.4 is 5.69 Å². The van der Waals surface area contributed by atoms with Crippen molar-refractivity contribution in [2.45, 2.75) is 45.7 Å². The number of piperidine rings is 1. The molecule has 0 atom stereocenters. The van der Waals surface area contributed by atoms with Crippen molar-refractivity contribution in [2.75, 3.05) is 13.1 Å². The number of rotatable bonds is 4. The highest BCUT2D eigenvalue weighted by atomic mass is 16.4. The van der Waals surface area contributed by atoms with E-state index in [4.69, 9.17) is 4.42 Å². The quantitative estimate of drug-likeness (QED) is 0.917. The molecule has 2 aromatic heterocycles. The Morgan fingerprint density at radius 1 is 1.43 bits per heavy atom. The van der Waals surface area contributed by atoms with E-state index in [1.807, 2.05) is 13.8 Å². The number of likely N-dealkylation sites (tertiary alicyclic amines) is 1. The van der Waals surface area contributed by atoms with Crippen molar-refractivity contribution in [3.8, 4) is 0 Å². The number of hydrogen-bond donors (Lipinski definition) is 1. The van der Waals surface area contributed by atoms with Crippen molar-refractivity contribution >= 4 is 0 Å². The SMILES string of the molecule is CCn1c(C2CCN(Cc3cnc(C)o3)CC2)n[nH]c1=O. The number of aryl methyl sites for hydroxylation is 1. The smallest absolute Gasteiger partial charge is 0.343 e. The number of aromatic nitrogens is 4. The highest BCUT2D eigenvalue weighted by Crippen LogP contribution is 2.26. The van der Waals surface area contributed by atoms with Gasteiger partial charge in [-0.05, 0) is 32.9 Å². The summed E-state index contributed by atoms with van der Waals surface area (Å²) in [6, 6.07) is 0. The number of aromatic amines is 1. The summed E-state index contributed by atoms with van der Waals surface area (Å²) in [5.41, 5.74) is -0.105. The van der Waals surface area contributed by atoms with Gasteiger partial charge in [0.1, 0.15) is 11.6 Å². The molecule has 0 bridgehead atoms. The molecule has 1 aliphatic rings. The van der Waals surface area contributed by atoms with Gasteiger partial charge in [-0.2, -0.15) is 5.10 Å². The molecule has 0 spiro atoms. The second kappa shape index (κ2) is 5.85. The number of H-pyrrole nitrogens is 1. The summed E-state index contributed by atoms with van der Waals surface area (Å²) in [5.74, 6) is 2.88. The summed E-state index contributed by atoms with van der Waals surface area (Å²) in [5, 5.41) is 6.76. The maximum atomic E-state index is 11.6. The Kier molecular flexibility index (Phi) is 3.92. The largest absolute Gasteiger partial charge is 0.445 e. The van der Waals surface area contributed by atoms with Gasteiger partial charge in [-0.15, -0.1) is 0 Å². The molecule has 3 heterocycles. The first-order valence-corrected chi connectivity index (χ1v) is 7.46. The van der Waals surface area contributed by atoms with Crippen molar-refractivity contribution in [3.05, 3.63) is 34.2 Å². The van der Waals surface area contributed by atoms with Gasteiger partial charge in [0, 0.05) is 19.4 Å². The molecule has 7 nitrogen and oxygen atoms in total. The van der Waals surface area contributed by atoms with Crippen molar-refractivity contribution in [1.82, 2.24) is 24.6 Å². The Morgan fingerprint density at radius 3 is 2.81 bits per heavy atom. The molecule has 1 fully saturated rings. The van der Waals surface area contributed by atoms with E-state index in [2.05, 4.69) is 20.1 Å². The third kappa shape index (κ3) is 2.92. The lowest BCUT2D eigenvalue weighted by atomic mass is 9.96. The Labute approximate surface area is 123 Å². The summed E-state index contributed by atoms with van der Waals surface area (Å²) in [4.78, 5) is 18.1. The Balaban J connectivity index is 1.61. The van der Waals surface area contributed by atoms with Gasteiger partial charge in [-0.3, -0.25) is 9.47 Å². The minimum Gasteiger partial charge on any atom is -0.445 e. The number of nitrogens with zero attached hydrogens (tertiary/aromatic N) is 4. The standard InChI is InChI=1S/C14H21N5O2/c1-3-19-13(16-17-14(19)20)11-4-6-18(7-5-11)9-12-8-15-10(2)21-12/h8,11H,3-7,9H2,1-2H3,(H,17,20).